The molecule has 0 saturated heterocycles. The standard InChI is InChI=1S/C14H19N5/c15-14(16-8-11-4-3-5-11)17-9-12-10-19-7-2-1-6-13(19)18-12/h1-2,6-7,10-11H,3-5,8-9H2,(H3,15,16,17). The van der Waals surface area contributed by atoms with Gasteiger partial charge < -0.3 is 15.5 Å². The van der Waals surface area contributed by atoms with Gasteiger partial charge in [0.05, 0.1) is 12.2 Å². The molecule has 2 aromatic rings. The van der Waals surface area contributed by atoms with Crippen molar-refractivity contribution in [2.45, 2.75) is 25.8 Å². The molecule has 0 radical (unpaired) electrons. The normalized spacial score (nSPS) is 16.5. The van der Waals surface area contributed by atoms with Crippen LogP contribution in [-0.2, 0) is 6.54 Å². The van der Waals surface area contributed by atoms with Crippen molar-refractivity contribution in [3.05, 3.63) is 36.3 Å². The smallest absolute Gasteiger partial charge is 0.188 e. The molecule has 0 amide bonds. The summed E-state index contributed by atoms with van der Waals surface area (Å²) in [6, 6.07) is 5.94. The van der Waals surface area contributed by atoms with Crippen LogP contribution >= 0.6 is 0 Å². The fraction of sp³-hybridized carbons (Fsp3) is 0.429. The Morgan fingerprint density at radius 3 is 3.11 bits per heavy atom. The Bertz CT molecular complexity index is 549. The van der Waals surface area contributed by atoms with Gasteiger partial charge in [0, 0.05) is 18.9 Å². The van der Waals surface area contributed by atoms with E-state index < -0.39 is 0 Å². The number of hydrogen-bond acceptors (Lipinski definition) is 2. The van der Waals surface area contributed by atoms with Crippen LogP contribution in [0, 0.1) is 5.92 Å². The van der Waals surface area contributed by atoms with Crippen molar-refractivity contribution in [2.75, 3.05) is 6.54 Å². The molecule has 2 heterocycles. The number of pyridine rings is 1. The predicted octanol–water partition coefficient (Wildman–Crippen LogP) is 1.54. The summed E-state index contributed by atoms with van der Waals surface area (Å²) in [6.45, 7) is 1.46. The van der Waals surface area contributed by atoms with Crippen molar-refractivity contribution in [3.8, 4) is 0 Å². The summed E-state index contributed by atoms with van der Waals surface area (Å²) < 4.78 is 1.99. The highest BCUT2D eigenvalue weighted by molar-refractivity contribution is 5.77. The molecule has 0 bridgehead atoms. The van der Waals surface area contributed by atoms with Gasteiger partial charge in [-0.25, -0.2) is 9.98 Å². The van der Waals surface area contributed by atoms with Gasteiger partial charge in [0.2, 0.25) is 0 Å². The van der Waals surface area contributed by atoms with E-state index in [4.69, 9.17) is 5.73 Å². The molecule has 100 valence electrons. The van der Waals surface area contributed by atoms with Gasteiger partial charge >= 0.3 is 0 Å². The van der Waals surface area contributed by atoms with Gasteiger partial charge in [0.15, 0.2) is 5.96 Å². The number of hydrogen-bond donors (Lipinski definition) is 2. The molecule has 0 aliphatic heterocycles. The maximum absolute atomic E-state index is 5.85. The predicted molar refractivity (Wildman–Crippen MR) is 75.9 cm³/mol. The van der Waals surface area contributed by atoms with E-state index in [9.17, 15) is 0 Å². The summed E-state index contributed by atoms with van der Waals surface area (Å²) in [5, 5.41) is 3.18. The molecule has 1 fully saturated rings. The second kappa shape index (κ2) is 5.30. The molecule has 19 heavy (non-hydrogen) atoms. The number of rotatable bonds is 4. The van der Waals surface area contributed by atoms with Gasteiger partial charge in [-0.1, -0.05) is 12.5 Å². The van der Waals surface area contributed by atoms with E-state index in [1.54, 1.807) is 0 Å². The van der Waals surface area contributed by atoms with Crippen molar-refractivity contribution in [2.24, 2.45) is 16.6 Å². The van der Waals surface area contributed by atoms with E-state index in [2.05, 4.69) is 15.3 Å². The van der Waals surface area contributed by atoms with Crippen LogP contribution in [0.3, 0.4) is 0 Å². The number of aromatic nitrogens is 2. The quantitative estimate of drug-likeness (QED) is 0.645. The maximum Gasteiger partial charge on any atom is 0.188 e. The monoisotopic (exact) mass is 257 g/mol. The number of nitrogens with zero attached hydrogens (tertiary/aromatic N) is 3. The van der Waals surface area contributed by atoms with E-state index >= 15 is 0 Å². The maximum atomic E-state index is 5.85. The fourth-order valence-corrected chi connectivity index (χ4v) is 2.23. The molecule has 1 saturated carbocycles. The topological polar surface area (TPSA) is 67.7 Å². The molecular formula is C14H19N5. The zero-order valence-electron chi connectivity index (χ0n) is 10.9. The van der Waals surface area contributed by atoms with Crippen LogP contribution in [0.5, 0.6) is 0 Å². The Hall–Kier alpha value is -2.04. The highest BCUT2D eigenvalue weighted by Gasteiger charge is 2.16. The van der Waals surface area contributed by atoms with E-state index in [0.717, 1.165) is 23.8 Å². The Morgan fingerprint density at radius 1 is 1.47 bits per heavy atom. The first kappa shape index (κ1) is 12.0. The van der Waals surface area contributed by atoms with Crippen LogP contribution in [-0.4, -0.2) is 21.9 Å². The van der Waals surface area contributed by atoms with Gasteiger partial charge in [-0.15, -0.1) is 0 Å². The molecule has 1 aliphatic carbocycles. The van der Waals surface area contributed by atoms with Crippen LogP contribution in [0.1, 0.15) is 25.0 Å². The molecule has 0 atom stereocenters. The Morgan fingerprint density at radius 2 is 2.37 bits per heavy atom. The lowest BCUT2D eigenvalue weighted by molar-refractivity contribution is 0.315. The molecule has 5 nitrogen and oxygen atoms in total. The Balaban J connectivity index is 1.57. The minimum absolute atomic E-state index is 0.518. The summed E-state index contributed by atoms with van der Waals surface area (Å²) in [4.78, 5) is 8.81. The zero-order chi connectivity index (χ0) is 13.1. The van der Waals surface area contributed by atoms with Gasteiger partial charge in [-0.3, -0.25) is 0 Å². The molecule has 3 rings (SSSR count). The number of nitrogens with two attached hydrogens (primary N) is 1. The van der Waals surface area contributed by atoms with Gasteiger partial charge in [-0.05, 0) is 30.9 Å². The second-order valence-corrected chi connectivity index (χ2v) is 5.08. The van der Waals surface area contributed by atoms with E-state index in [0.29, 0.717) is 12.5 Å². The molecule has 2 aromatic heterocycles. The highest BCUT2D eigenvalue weighted by atomic mass is 15.1. The van der Waals surface area contributed by atoms with Crippen molar-refractivity contribution >= 4 is 11.6 Å². The lowest BCUT2D eigenvalue weighted by atomic mass is 9.85. The lowest BCUT2D eigenvalue weighted by Gasteiger charge is -2.25. The van der Waals surface area contributed by atoms with Crippen molar-refractivity contribution in [1.82, 2.24) is 14.7 Å². The average Bonchev–Trinajstić information content (AvgIpc) is 2.77. The fourth-order valence-electron chi connectivity index (χ4n) is 2.23. The lowest BCUT2D eigenvalue weighted by Crippen LogP contribution is -2.37. The van der Waals surface area contributed by atoms with Crippen LogP contribution in [0.2, 0.25) is 0 Å². The molecule has 0 unspecified atom stereocenters. The number of fused-ring (bicyclic) bond motifs is 1. The third-order valence-electron chi connectivity index (χ3n) is 3.62. The minimum atomic E-state index is 0.518. The van der Waals surface area contributed by atoms with Crippen molar-refractivity contribution < 1.29 is 0 Å². The van der Waals surface area contributed by atoms with Gasteiger partial charge in [0.25, 0.3) is 0 Å². The van der Waals surface area contributed by atoms with E-state index in [1.165, 1.54) is 19.3 Å². The van der Waals surface area contributed by atoms with Crippen molar-refractivity contribution in [3.63, 3.8) is 0 Å². The summed E-state index contributed by atoms with van der Waals surface area (Å²) >= 11 is 0. The molecular weight excluding hydrogens is 238 g/mol. The molecule has 1 aliphatic rings. The number of nitrogens with one attached hydrogen (secondary N) is 1. The summed E-state index contributed by atoms with van der Waals surface area (Å²) in [6.07, 6.45) is 7.94. The summed E-state index contributed by atoms with van der Waals surface area (Å²) in [7, 11) is 0. The van der Waals surface area contributed by atoms with E-state index in [1.807, 2.05) is 35.0 Å². The first-order valence-electron chi connectivity index (χ1n) is 6.77. The van der Waals surface area contributed by atoms with Crippen LogP contribution in [0.25, 0.3) is 5.65 Å². The van der Waals surface area contributed by atoms with Crippen LogP contribution in [0.15, 0.2) is 35.6 Å². The Labute approximate surface area is 112 Å². The van der Waals surface area contributed by atoms with E-state index in [-0.39, 0.29) is 0 Å². The molecule has 0 aromatic carbocycles. The van der Waals surface area contributed by atoms with Crippen LogP contribution in [0.4, 0.5) is 0 Å². The number of guanidine groups is 1. The first-order valence-corrected chi connectivity index (χ1v) is 6.77. The SMILES string of the molecule is NC(=NCc1cn2ccccc2n1)NCC1CCC1. The minimum Gasteiger partial charge on any atom is -0.370 e. The summed E-state index contributed by atoms with van der Waals surface area (Å²) in [5.74, 6) is 1.30. The largest absolute Gasteiger partial charge is 0.370 e. The first-order chi connectivity index (χ1) is 9.31. The number of imidazole rings is 1. The molecule has 0 spiro atoms. The number of aliphatic imine (C=N–C) groups is 1. The average molecular weight is 257 g/mol. The molecule has 5 heteroatoms. The van der Waals surface area contributed by atoms with Gasteiger partial charge in [-0.2, -0.15) is 0 Å². The third-order valence-corrected chi connectivity index (χ3v) is 3.62. The zero-order valence-corrected chi connectivity index (χ0v) is 10.9. The van der Waals surface area contributed by atoms with Crippen molar-refractivity contribution in [1.29, 1.82) is 0 Å². The second-order valence-electron chi connectivity index (χ2n) is 5.08. The summed E-state index contributed by atoms with van der Waals surface area (Å²) in [5.41, 5.74) is 7.72. The van der Waals surface area contributed by atoms with Gasteiger partial charge in [0.1, 0.15) is 5.65 Å². The van der Waals surface area contributed by atoms with Crippen LogP contribution < -0.4 is 11.1 Å². The highest BCUT2D eigenvalue weighted by Crippen LogP contribution is 2.24. The Kier molecular flexibility index (Phi) is 3.35. The molecule has 3 N–H and O–H groups in total. The third kappa shape index (κ3) is 2.86.